The predicted octanol–water partition coefficient (Wildman–Crippen LogP) is 3.74. The molecule has 1 aliphatic heterocycles. The highest BCUT2D eigenvalue weighted by atomic mass is 16.5. The molecule has 0 radical (unpaired) electrons. The Bertz CT molecular complexity index is 764. The average molecular weight is 396 g/mol. The van der Waals surface area contributed by atoms with Crippen LogP contribution in [0.4, 0.5) is 0 Å². The van der Waals surface area contributed by atoms with Gasteiger partial charge in [0.05, 0.1) is 20.3 Å². The first-order chi connectivity index (χ1) is 14.3. The number of hydrogen-bond acceptors (Lipinski definition) is 3. The number of guanidine groups is 1. The lowest BCUT2D eigenvalue weighted by molar-refractivity contribution is 0.0907. The molecule has 156 valence electrons. The zero-order valence-corrected chi connectivity index (χ0v) is 17.6. The van der Waals surface area contributed by atoms with Crippen molar-refractivity contribution in [2.75, 3.05) is 39.9 Å². The molecule has 0 aromatic heterocycles. The van der Waals surface area contributed by atoms with Crippen LogP contribution in [0.25, 0.3) is 0 Å². The Morgan fingerprint density at radius 1 is 1.14 bits per heavy atom. The van der Waals surface area contributed by atoms with Gasteiger partial charge in [0.25, 0.3) is 0 Å². The monoisotopic (exact) mass is 395 g/mol. The number of likely N-dealkylation sites (tertiary alicyclic amines) is 1. The van der Waals surface area contributed by atoms with Gasteiger partial charge in [0.15, 0.2) is 5.96 Å². The summed E-state index contributed by atoms with van der Waals surface area (Å²) >= 11 is 0. The fourth-order valence-corrected chi connectivity index (χ4v) is 3.62. The Balaban J connectivity index is 1.46. The summed E-state index contributed by atoms with van der Waals surface area (Å²) in [7, 11) is 1.70. The lowest BCUT2D eigenvalue weighted by Gasteiger charge is -2.21. The standard InChI is InChI=1S/C24H33N3O2/c1-3-25-24(26-14-12-20-10-7-11-23(16-20)28-2)27-15-13-22(17-27)19-29-18-21-8-5-4-6-9-21/h4-11,16,22H,3,12-15,17-19H2,1-2H3,(H,25,26). The van der Waals surface area contributed by atoms with Crippen LogP contribution in [0, 0.1) is 5.92 Å². The molecule has 2 aromatic carbocycles. The molecular weight excluding hydrogens is 362 g/mol. The largest absolute Gasteiger partial charge is 0.497 e. The van der Waals surface area contributed by atoms with Crippen molar-refractivity contribution in [3.05, 3.63) is 65.7 Å². The summed E-state index contributed by atoms with van der Waals surface area (Å²) in [6.45, 7) is 7.28. The maximum Gasteiger partial charge on any atom is 0.193 e. The van der Waals surface area contributed by atoms with Gasteiger partial charge < -0.3 is 19.7 Å². The summed E-state index contributed by atoms with van der Waals surface area (Å²) in [4.78, 5) is 7.23. The Hall–Kier alpha value is -2.53. The topological polar surface area (TPSA) is 46.1 Å². The third kappa shape index (κ3) is 6.79. The van der Waals surface area contributed by atoms with E-state index in [0.717, 1.165) is 57.3 Å². The lowest BCUT2D eigenvalue weighted by atomic mass is 10.1. The van der Waals surface area contributed by atoms with Crippen molar-refractivity contribution in [2.24, 2.45) is 10.9 Å². The van der Waals surface area contributed by atoms with E-state index < -0.39 is 0 Å². The average Bonchev–Trinajstić information content (AvgIpc) is 3.23. The maximum absolute atomic E-state index is 5.95. The summed E-state index contributed by atoms with van der Waals surface area (Å²) in [5.74, 6) is 2.47. The van der Waals surface area contributed by atoms with Gasteiger partial charge in [-0.15, -0.1) is 0 Å². The molecule has 3 rings (SSSR count). The molecule has 1 aliphatic rings. The van der Waals surface area contributed by atoms with Crippen LogP contribution in [0.2, 0.25) is 0 Å². The van der Waals surface area contributed by atoms with Crippen molar-refractivity contribution in [3.8, 4) is 5.75 Å². The van der Waals surface area contributed by atoms with Gasteiger partial charge in [-0.05, 0) is 43.0 Å². The van der Waals surface area contributed by atoms with E-state index >= 15 is 0 Å². The molecule has 2 aromatic rings. The number of ether oxygens (including phenoxy) is 2. The van der Waals surface area contributed by atoms with E-state index in [0.29, 0.717) is 12.5 Å². The highest BCUT2D eigenvalue weighted by Crippen LogP contribution is 2.18. The minimum atomic E-state index is 0.556. The van der Waals surface area contributed by atoms with E-state index in [4.69, 9.17) is 14.5 Å². The molecule has 1 N–H and O–H groups in total. The highest BCUT2D eigenvalue weighted by molar-refractivity contribution is 5.80. The van der Waals surface area contributed by atoms with Gasteiger partial charge in [-0.3, -0.25) is 4.99 Å². The fourth-order valence-electron chi connectivity index (χ4n) is 3.62. The van der Waals surface area contributed by atoms with Crippen LogP contribution < -0.4 is 10.1 Å². The first-order valence-electron chi connectivity index (χ1n) is 10.6. The molecular formula is C24H33N3O2. The van der Waals surface area contributed by atoms with Crippen molar-refractivity contribution in [3.63, 3.8) is 0 Å². The van der Waals surface area contributed by atoms with Gasteiger partial charge in [0.2, 0.25) is 0 Å². The van der Waals surface area contributed by atoms with Crippen molar-refractivity contribution >= 4 is 5.96 Å². The summed E-state index contributed by atoms with van der Waals surface area (Å²) in [5.41, 5.74) is 2.48. The number of methoxy groups -OCH3 is 1. The second-order valence-corrected chi connectivity index (χ2v) is 7.44. The summed E-state index contributed by atoms with van der Waals surface area (Å²) in [6, 6.07) is 18.6. The van der Waals surface area contributed by atoms with Crippen LogP contribution in [-0.4, -0.2) is 50.8 Å². The Morgan fingerprint density at radius 3 is 2.76 bits per heavy atom. The Labute approximate surface area is 174 Å². The lowest BCUT2D eigenvalue weighted by Crippen LogP contribution is -2.40. The van der Waals surface area contributed by atoms with Crippen LogP contribution in [0.5, 0.6) is 5.75 Å². The van der Waals surface area contributed by atoms with Crippen LogP contribution in [0.3, 0.4) is 0 Å². The molecule has 1 heterocycles. The molecule has 29 heavy (non-hydrogen) atoms. The molecule has 5 heteroatoms. The third-order valence-electron chi connectivity index (χ3n) is 5.18. The van der Waals surface area contributed by atoms with Crippen LogP contribution in [0.1, 0.15) is 24.5 Å². The summed E-state index contributed by atoms with van der Waals surface area (Å²) in [6.07, 6.45) is 2.05. The maximum atomic E-state index is 5.95. The number of rotatable bonds is 9. The smallest absolute Gasteiger partial charge is 0.193 e. The highest BCUT2D eigenvalue weighted by Gasteiger charge is 2.24. The molecule has 0 aliphatic carbocycles. The zero-order chi connectivity index (χ0) is 20.3. The van der Waals surface area contributed by atoms with Crippen molar-refractivity contribution < 1.29 is 9.47 Å². The molecule has 1 atom stereocenters. The summed E-state index contributed by atoms with van der Waals surface area (Å²) < 4.78 is 11.3. The van der Waals surface area contributed by atoms with E-state index in [2.05, 4.69) is 53.5 Å². The van der Waals surface area contributed by atoms with E-state index in [1.54, 1.807) is 7.11 Å². The molecule has 0 bridgehead atoms. The third-order valence-corrected chi connectivity index (χ3v) is 5.18. The number of aliphatic imine (C=N–C) groups is 1. The number of benzene rings is 2. The molecule has 0 spiro atoms. The second-order valence-electron chi connectivity index (χ2n) is 7.44. The number of nitrogens with zero attached hydrogens (tertiary/aromatic N) is 2. The number of hydrogen-bond donors (Lipinski definition) is 1. The zero-order valence-electron chi connectivity index (χ0n) is 17.6. The van der Waals surface area contributed by atoms with Crippen molar-refractivity contribution in [2.45, 2.75) is 26.4 Å². The van der Waals surface area contributed by atoms with E-state index in [1.807, 2.05) is 18.2 Å². The van der Waals surface area contributed by atoms with E-state index in [9.17, 15) is 0 Å². The van der Waals surface area contributed by atoms with Gasteiger partial charge in [0.1, 0.15) is 5.75 Å². The Morgan fingerprint density at radius 2 is 1.97 bits per heavy atom. The van der Waals surface area contributed by atoms with Gasteiger partial charge >= 0.3 is 0 Å². The molecule has 1 unspecified atom stereocenters. The molecule has 1 fully saturated rings. The minimum absolute atomic E-state index is 0.556. The van der Waals surface area contributed by atoms with Crippen LogP contribution in [0.15, 0.2) is 59.6 Å². The van der Waals surface area contributed by atoms with Crippen molar-refractivity contribution in [1.29, 1.82) is 0 Å². The van der Waals surface area contributed by atoms with Gasteiger partial charge in [-0.1, -0.05) is 42.5 Å². The van der Waals surface area contributed by atoms with Gasteiger partial charge in [-0.25, -0.2) is 0 Å². The normalized spacial score (nSPS) is 16.8. The molecule has 0 saturated carbocycles. The molecule has 0 amide bonds. The molecule has 1 saturated heterocycles. The molecule has 5 nitrogen and oxygen atoms in total. The van der Waals surface area contributed by atoms with Crippen LogP contribution >= 0.6 is 0 Å². The van der Waals surface area contributed by atoms with Crippen LogP contribution in [-0.2, 0) is 17.8 Å². The summed E-state index contributed by atoms with van der Waals surface area (Å²) in [5, 5.41) is 3.45. The van der Waals surface area contributed by atoms with Crippen molar-refractivity contribution in [1.82, 2.24) is 10.2 Å². The van der Waals surface area contributed by atoms with E-state index in [1.165, 1.54) is 11.1 Å². The SMILES string of the molecule is CCNC(=NCCc1cccc(OC)c1)N1CCC(COCc2ccccc2)C1. The fraction of sp³-hybridized carbons (Fsp3) is 0.458. The predicted molar refractivity (Wildman–Crippen MR) is 118 cm³/mol. The van der Waals surface area contributed by atoms with E-state index in [-0.39, 0.29) is 0 Å². The van der Waals surface area contributed by atoms with Gasteiger partial charge in [0, 0.05) is 32.1 Å². The first kappa shape index (κ1) is 21.2. The second kappa shape index (κ2) is 11.5. The number of nitrogens with one attached hydrogen (secondary N) is 1. The minimum Gasteiger partial charge on any atom is -0.497 e. The first-order valence-corrected chi connectivity index (χ1v) is 10.6. The Kier molecular flexibility index (Phi) is 8.38. The quantitative estimate of drug-likeness (QED) is 0.519. The van der Waals surface area contributed by atoms with Gasteiger partial charge in [-0.2, -0.15) is 0 Å².